The summed E-state index contributed by atoms with van der Waals surface area (Å²) in [5.41, 5.74) is 0. The summed E-state index contributed by atoms with van der Waals surface area (Å²) in [6.45, 7) is 6.84. The topological polar surface area (TPSA) is 35.6 Å². The molecule has 0 radical (unpaired) electrons. The van der Waals surface area contributed by atoms with Crippen LogP contribution in [0, 0.1) is 0 Å². The van der Waals surface area contributed by atoms with Crippen LogP contribution in [0.15, 0.2) is 12.7 Å². The molecule has 1 N–H and O–H groups in total. The number of rotatable bonds is 4. The van der Waals surface area contributed by atoms with Crippen LogP contribution >= 0.6 is 0 Å². The average Bonchev–Trinajstić information content (AvgIpc) is 2.33. The van der Waals surface area contributed by atoms with Gasteiger partial charge in [-0.15, -0.1) is 6.58 Å². The number of hydrogen-bond donors (Lipinski definition) is 1. The van der Waals surface area contributed by atoms with Crippen molar-refractivity contribution in [3.8, 4) is 0 Å². The van der Waals surface area contributed by atoms with Crippen molar-refractivity contribution in [2.75, 3.05) is 40.3 Å². The number of carbonyl (C=O) groups is 1. The van der Waals surface area contributed by atoms with Gasteiger partial charge in [-0.05, 0) is 27.1 Å². The number of carbonyl (C=O) groups excluding carboxylic acids is 1. The monoisotopic (exact) mass is 211 g/mol. The second-order valence-corrected chi connectivity index (χ2v) is 4.20. The first-order chi connectivity index (χ1) is 7.15. The van der Waals surface area contributed by atoms with Crippen LogP contribution in [0.2, 0.25) is 0 Å². The van der Waals surface area contributed by atoms with E-state index in [0.717, 1.165) is 26.1 Å². The van der Waals surface area contributed by atoms with E-state index in [9.17, 15) is 4.79 Å². The molecule has 0 saturated carbocycles. The zero-order valence-corrected chi connectivity index (χ0v) is 9.70. The van der Waals surface area contributed by atoms with Crippen LogP contribution in [0.1, 0.15) is 6.42 Å². The maximum atomic E-state index is 12.1. The maximum Gasteiger partial charge on any atom is 0.241 e. The van der Waals surface area contributed by atoms with E-state index in [4.69, 9.17) is 0 Å². The standard InChI is InChI=1S/C11H21N3O/c1-4-7-14-8-5-6-12-10(11(14)15)9-13(2)3/h4,10,12H,1,5-9H2,2-3H3. The SMILES string of the molecule is C=CCN1CCCNC(CN(C)C)C1=O. The molecular formula is C11H21N3O. The molecule has 1 fully saturated rings. The van der Waals surface area contributed by atoms with E-state index in [0.29, 0.717) is 6.54 Å². The Balaban J connectivity index is 2.61. The summed E-state index contributed by atoms with van der Waals surface area (Å²) in [4.78, 5) is 16.0. The van der Waals surface area contributed by atoms with Crippen LogP contribution in [0.4, 0.5) is 0 Å². The number of hydrogen-bond acceptors (Lipinski definition) is 3. The lowest BCUT2D eigenvalue weighted by atomic mass is 10.2. The van der Waals surface area contributed by atoms with Crippen molar-refractivity contribution >= 4 is 5.91 Å². The second kappa shape index (κ2) is 5.88. The minimum Gasteiger partial charge on any atom is -0.338 e. The highest BCUT2D eigenvalue weighted by molar-refractivity contribution is 5.82. The molecular weight excluding hydrogens is 190 g/mol. The molecule has 0 aromatic rings. The fourth-order valence-corrected chi connectivity index (χ4v) is 1.81. The summed E-state index contributed by atoms with van der Waals surface area (Å²) in [7, 11) is 3.97. The van der Waals surface area contributed by atoms with Crippen molar-refractivity contribution in [3.05, 3.63) is 12.7 Å². The van der Waals surface area contributed by atoms with Gasteiger partial charge in [0, 0.05) is 19.6 Å². The van der Waals surface area contributed by atoms with Crippen LogP contribution in [-0.4, -0.2) is 62.0 Å². The molecule has 1 aliphatic heterocycles. The summed E-state index contributed by atoms with van der Waals surface area (Å²) in [5, 5.41) is 3.28. The quantitative estimate of drug-likeness (QED) is 0.661. The molecule has 1 heterocycles. The molecule has 0 spiro atoms. The Morgan fingerprint density at radius 1 is 1.67 bits per heavy atom. The summed E-state index contributed by atoms with van der Waals surface area (Å²) in [6, 6.07) is -0.0672. The Hall–Kier alpha value is -0.870. The van der Waals surface area contributed by atoms with E-state index >= 15 is 0 Å². The molecule has 4 nitrogen and oxygen atoms in total. The molecule has 1 saturated heterocycles. The van der Waals surface area contributed by atoms with E-state index in [1.54, 1.807) is 6.08 Å². The molecule has 15 heavy (non-hydrogen) atoms. The van der Waals surface area contributed by atoms with Gasteiger partial charge in [0.05, 0.1) is 6.04 Å². The highest BCUT2D eigenvalue weighted by Gasteiger charge is 2.25. The van der Waals surface area contributed by atoms with Gasteiger partial charge in [-0.1, -0.05) is 6.08 Å². The molecule has 1 atom stereocenters. The van der Waals surface area contributed by atoms with Gasteiger partial charge in [0.1, 0.15) is 0 Å². The lowest BCUT2D eigenvalue weighted by molar-refractivity contribution is -0.132. The Bertz CT molecular complexity index is 228. The summed E-state index contributed by atoms with van der Waals surface area (Å²) < 4.78 is 0. The van der Waals surface area contributed by atoms with E-state index in [1.165, 1.54) is 0 Å². The average molecular weight is 211 g/mol. The van der Waals surface area contributed by atoms with E-state index in [1.807, 2.05) is 23.9 Å². The van der Waals surface area contributed by atoms with Crippen molar-refractivity contribution in [2.24, 2.45) is 0 Å². The van der Waals surface area contributed by atoms with Crippen LogP contribution in [-0.2, 0) is 4.79 Å². The fourth-order valence-electron chi connectivity index (χ4n) is 1.81. The normalized spacial score (nSPS) is 23.0. The molecule has 4 heteroatoms. The fraction of sp³-hybridized carbons (Fsp3) is 0.727. The number of amides is 1. The molecule has 0 bridgehead atoms. The summed E-state index contributed by atoms with van der Waals surface area (Å²) in [6.07, 6.45) is 2.81. The van der Waals surface area contributed by atoms with Gasteiger partial charge in [-0.2, -0.15) is 0 Å². The van der Waals surface area contributed by atoms with E-state index in [-0.39, 0.29) is 11.9 Å². The second-order valence-electron chi connectivity index (χ2n) is 4.20. The highest BCUT2D eigenvalue weighted by atomic mass is 16.2. The van der Waals surface area contributed by atoms with E-state index < -0.39 is 0 Å². The van der Waals surface area contributed by atoms with Crippen molar-refractivity contribution in [2.45, 2.75) is 12.5 Å². The van der Waals surface area contributed by atoms with Crippen molar-refractivity contribution in [1.29, 1.82) is 0 Å². The number of likely N-dealkylation sites (N-methyl/N-ethyl adjacent to an activating group) is 1. The van der Waals surface area contributed by atoms with E-state index in [2.05, 4.69) is 11.9 Å². The molecule has 1 rings (SSSR count). The molecule has 1 aliphatic rings. The van der Waals surface area contributed by atoms with Crippen molar-refractivity contribution in [3.63, 3.8) is 0 Å². The first kappa shape index (κ1) is 12.2. The van der Waals surface area contributed by atoms with Gasteiger partial charge in [0.25, 0.3) is 0 Å². The molecule has 0 aromatic carbocycles. The third-order valence-corrected chi connectivity index (χ3v) is 2.50. The lowest BCUT2D eigenvalue weighted by Crippen LogP contribution is -2.48. The molecule has 0 aromatic heterocycles. The minimum atomic E-state index is -0.0672. The van der Waals surface area contributed by atoms with Crippen LogP contribution in [0.5, 0.6) is 0 Å². The Morgan fingerprint density at radius 2 is 2.40 bits per heavy atom. The van der Waals surface area contributed by atoms with Gasteiger partial charge < -0.3 is 15.1 Å². The smallest absolute Gasteiger partial charge is 0.241 e. The molecule has 86 valence electrons. The Labute approximate surface area is 91.9 Å². The van der Waals surface area contributed by atoms with Crippen LogP contribution in [0.3, 0.4) is 0 Å². The zero-order valence-electron chi connectivity index (χ0n) is 9.70. The minimum absolute atomic E-state index is 0.0672. The Morgan fingerprint density at radius 3 is 3.00 bits per heavy atom. The van der Waals surface area contributed by atoms with Crippen molar-refractivity contribution in [1.82, 2.24) is 15.1 Å². The third-order valence-electron chi connectivity index (χ3n) is 2.50. The predicted molar refractivity (Wildman–Crippen MR) is 61.7 cm³/mol. The summed E-state index contributed by atoms with van der Waals surface area (Å²) >= 11 is 0. The van der Waals surface area contributed by atoms with Crippen LogP contribution < -0.4 is 5.32 Å². The van der Waals surface area contributed by atoms with Gasteiger partial charge in [0.15, 0.2) is 0 Å². The van der Waals surface area contributed by atoms with Crippen molar-refractivity contribution < 1.29 is 4.79 Å². The first-order valence-electron chi connectivity index (χ1n) is 5.43. The molecule has 1 unspecified atom stereocenters. The molecule has 0 aliphatic carbocycles. The first-order valence-corrected chi connectivity index (χ1v) is 5.43. The highest BCUT2D eigenvalue weighted by Crippen LogP contribution is 2.03. The van der Waals surface area contributed by atoms with Gasteiger partial charge in [0.2, 0.25) is 5.91 Å². The van der Waals surface area contributed by atoms with Gasteiger partial charge in [-0.3, -0.25) is 4.79 Å². The lowest BCUT2D eigenvalue weighted by Gasteiger charge is -2.24. The van der Waals surface area contributed by atoms with Gasteiger partial charge >= 0.3 is 0 Å². The number of nitrogens with zero attached hydrogens (tertiary/aromatic N) is 2. The zero-order chi connectivity index (χ0) is 11.3. The molecule has 1 amide bonds. The maximum absolute atomic E-state index is 12.1. The number of nitrogens with one attached hydrogen (secondary N) is 1. The predicted octanol–water partition coefficient (Wildman–Crippen LogP) is -0.0755. The van der Waals surface area contributed by atoms with Gasteiger partial charge in [-0.25, -0.2) is 0 Å². The summed E-state index contributed by atoms with van der Waals surface area (Å²) in [5.74, 6) is 0.195. The third kappa shape index (κ3) is 3.64. The largest absolute Gasteiger partial charge is 0.338 e. The Kier molecular flexibility index (Phi) is 4.78. The van der Waals surface area contributed by atoms with Crippen LogP contribution in [0.25, 0.3) is 0 Å².